The zero-order valence-corrected chi connectivity index (χ0v) is 14.4. The second-order valence-electron chi connectivity index (χ2n) is 5.26. The SMILES string of the molecule is O=C(c1cc(Cl)cc(Cl)c1)N1CCN(c2cccc(Cl)n2)CC1. The molecular weight excluding hydrogens is 357 g/mol. The molecular formula is C16H14Cl3N3O. The minimum absolute atomic E-state index is 0.0619. The van der Waals surface area contributed by atoms with Gasteiger partial charge in [-0.3, -0.25) is 4.79 Å². The maximum Gasteiger partial charge on any atom is 0.254 e. The van der Waals surface area contributed by atoms with Gasteiger partial charge in [0.25, 0.3) is 5.91 Å². The molecule has 0 N–H and O–H groups in total. The van der Waals surface area contributed by atoms with Crippen LogP contribution in [0.1, 0.15) is 10.4 Å². The number of benzene rings is 1. The Bertz CT molecular complexity index is 710. The first-order valence-electron chi connectivity index (χ1n) is 7.16. The van der Waals surface area contributed by atoms with Crippen LogP contribution >= 0.6 is 34.8 Å². The third kappa shape index (κ3) is 3.89. The van der Waals surface area contributed by atoms with Crippen molar-refractivity contribution < 1.29 is 4.79 Å². The summed E-state index contributed by atoms with van der Waals surface area (Å²) in [6, 6.07) is 10.4. The molecule has 1 fully saturated rings. The largest absolute Gasteiger partial charge is 0.353 e. The van der Waals surface area contributed by atoms with E-state index < -0.39 is 0 Å². The summed E-state index contributed by atoms with van der Waals surface area (Å²) in [6.45, 7) is 2.62. The van der Waals surface area contributed by atoms with Crippen molar-refractivity contribution in [3.63, 3.8) is 0 Å². The van der Waals surface area contributed by atoms with Crippen LogP contribution in [0.3, 0.4) is 0 Å². The standard InChI is InChI=1S/C16H14Cl3N3O/c17-12-8-11(9-13(18)10-12)16(23)22-6-4-21(5-7-22)15-3-1-2-14(19)20-15/h1-3,8-10H,4-7H2. The molecule has 1 aliphatic rings. The van der Waals surface area contributed by atoms with E-state index in [1.54, 1.807) is 29.2 Å². The number of nitrogens with zero attached hydrogens (tertiary/aromatic N) is 3. The highest BCUT2D eigenvalue weighted by Crippen LogP contribution is 2.22. The predicted molar refractivity (Wildman–Crippen MR) is 93.8 cm³/mol. The van der Waals surface area contributed by atoms with Gasteiger partial charge >= 0.3 is 0 Å². The molecule has 23 heavy (non-hydrogen) atoms. The number of aromatic nitrogens is 1. The number of anilines is 1. The van der Waals surface area contributed by atoms with Gasteiger partial charge in [-0.1, -0.05) is 40.9 Å². The van der Waals surface area contributed by atoms with Crippen molar-refractivity contribution in [2.24, 2.45) is 0 Å². The highest BCUT2D eigenvalue weighted by atomic mass is 35.5. The molecule has 120 valence electrons. The second kappa shape index (κ2) is 6.95. The molecule has 0 unspecified atom stereocenters. The molecule has 0 bridgehead atoms. The number of piperazine rings is 1. The van der Waals surface area contributed by atoms with Crippen LogP contribution in [-0.2, 0) is 0 Å². The van der Waals surface area contributed by atoms with Crippen LogP contribution in [-0.4, -0.2) is 42.0 Å². The number of amides is 1. The minimum Gasteiger partial charge on any atom is -0.353 e. The smallest absolute Gasteiger partial charge is 0.254 e. The summed E-state index contributed by atoms with van der Waals surface area (Å²) in [6.07, 6.45) is 0. The van der Waals surface area contributed by atoms with Gasteiger partial charge in [-0.2, -0.15) is 0 Å². The third-order valence-corrected chi connectivity index (χ3v) is 4.35. The number of carbonyl (C=O) groups excluding carboxylic acids is 1. The topological polar surface area (TPSA) is 36.4 Å². The molecule has 0 aliphatic carbocycles. The first-order chi connectivity index (χ1) is 11.0. The Balaban J connectivity index is 1.67. The lowest BCUT2D eigenvalue weighted by Gasteiger charge is -2.35. The fraction of sp³-hybridized carbons (Fsp3) is 0.250. The molecule has 0 atom stereocenters. The van der Waals surface area contributed by atoms with Gasteiger partial charge in [0.1, 0.15) is 11.0 Å². The van der Waals surface area contributed by atoms with Crippen molar-refractivity contribution in [2.75, 3.05) is 31.1 Å². The molecule has 1 amide bonds. The van der Waals surface area contributed by atoms with E-state index in [0.717, 1.165) is 5.82 Å². The summed E-state index contributed by atoms with van der Waals surface area (Å²) in [4.78, 5) is 20.8. The van der Waals surface area contributed by atoms with Crippen molar-refractivity contribution in [3.8, 4) is 0 Å². The Morgan fingerprint density at radius 3 is 2.22 bits per heavy atom. The van der Waals surface area contributed by atoms with E-state index in [1.165, 1.54) is 0 Å². The molecule has 0 saturated carbocycles. The van der Waals surface area contributed by atoms with Crippen molar-refractivity contribution in [1.82, 2.24) is 9.88 Å². The lowest BCUT2D eigenvalue weighted by atomic mass is 10.2. The van der Waals surface area contributed by atoms with E-state index >= 15 is 0 Å². The van der Waals surface area contributed by atoms with Crippen LogP contribution in [0.5, 0.6) is 0 Å². The van der Waals surface area contributed by atoms with Crippen molar-refractivity contribution >= 4 is 46.5 Å². The van der Waals surface area contributed by atoms with E-state index in [9.17, 15) is 4.79 Å². The van der Waals surface area contributed by atoms with Crippen molar-refractivity contribution in [1.29, 1.82) is 0 Å². The van der Waals surface area contributed by atoms with E-state index in [-0.39, 0.29) is 5.91 Å². The average Bonchev–Trinajstić information content (AvgIpc) is 2.53. The van der Waals surface area contributed by atoms with Gasteiger partial charge in [-0.25, -0.2) is 4.98 Å². The van der Waals surface area contributed by atoms with E-state index in [1.807, 2.05) is 12.1 Å². The molecule has 1 saturated heterocycles. The number of hydrogen-bond acceptors (Lipinski definition) is 3. The van der Waals surface area contributed by atoms with Gasteiger partial charge in [0.05, 0.1) is 0 Å². The first kappa shape index (κ1) is 16.4. The fourth-order valence-electron chi connectivity index (χ4n) is 2.57. The van der Waals surface area contributed by atoms with Gasteiger partial charge in [0.2, 0.25) is 0 Å². The maximum absolute atomic E-state index is 12.6. The average molecular weight is 371 g/mol. The second-order valence-corrected chi connectivity index (χ2v) is 6.52. The monoisotopic (exact) mass is 369 g/mol. The lowest BCUT2D eigenvalue weighted by molar-refractivity contribution is 0.0746. The van der Waals surface area contributed by atoms with Gasteiger partial charge in [0.15, 0.2) is 0 Å². The molecule has 4 nitrogen and oxygen atoms in total. The normalized spacial score (nSPS) is 14.9. The van der Waals surface area contributed by atoms with Gasteiger partial charge in [-0.15, -0.1) is 0 Å². The number of carbonyl (C=O) groups is 1. The summed E-state index contributed by atoms with van der Waals surface area (Å²) in [5, 5.41) is 1.39. The fourth-order valence-corrected chi connectivity index (χ4v) is 3.26. The van der Waals surface area contributed by atoms with Gasteiger partial charge < -0.3 is 9.80 Å². The lowest BCUT2D eigenvalue weighted by Crippen LogP contribution is -2.49. The Morgan fingerprint density at radius 2 is 1.61 bits per heavy atom. The Kier molecular flexibility index (Phi) is 4.95. The van der Waals surface area contributed by atoms with Crippen LogP contribution in [0, 0.1) is 0 Å². The molecule has 1 aromatic carbocycles. The zero-order chi connectivity index (χ0) is 16.4. The summed E-state index contributed by atoms with van der Waals surface area (Å²) >= 11 is 17.9. The van der Waals surface area contributed by atoms with Crippen molar-refractivity contribution in [2.45, 2.75) is 0 Å². The van der Waals surface area contributed by atoms with E-state index in [0.29, 0.717) is 46.9 Å². The molecule has 0 spiro atoms. The highest BCUT2D eigenvalue weighted by Gasteiger charge is 2.23. The van der Waals surface area contributed by atoms with Gasteiger partial charge in [-0.05, 0) is 30.3 Å². The summed E-state index contributed by atoms with van der Waals surface area (Å²) < 4.78 is 0. The molecule has 2 aromatic rings. The van der Waals surface area contributed by atoms with Gasteiger partial charge in [0, 0.05) is 41.8 Å². The molecule has 3 rings (SSSR count). The maximum atomic E-state index is 12.6. The number of hydrogen-bond donors (Lipinski definition) is 0. The van der Waals surface area contributed by atoms with Crippen LogP contribution in [0.25, 0.3) is 0 Å². The summed E-state index contributed by atoms with van der Waals surface area (Å²) in [5.74, 6) is 0.767. The quantitative estimate of drug-likeness (QED) is 0.750. The molecule has 0 radical (unpaired) electrons. The van der Waals surface area contributed by atoms with E-state index in [2.05, 4.69) is 9.88 Å². The molecule has 1 aliphatic heterocycles. The summed E-state index contributed by atoms with van der Waals surface area (Å²) in [5.41, 5.74) is 0.511. The Morgan fingerprint density at radius 1 is 0.957 bits per heavy atom. The number of pyridine rings is 1. The van der Waals surface area contributed by atoms with Crippen molar-refractivity contribution in [3.05, 3.63) is 57.2 Å². The first-order valence-corrected chi connectivity index (χ1v) is 8.29. The highest BCUT2D eigenvalue weighted by molar-refractivity contribution is 6.35. The Labute approximate surface area is 149 Å². The van der Waals surface area contributed by atoms with E-state index in [4.69, 9.17) is 34.8 Å². The van der Waals surface area contributed by atoms with Crippen LogP contribution in [0.2, 0.25) is 15.2 Å². The molecule has 7 heteroatoms. The van der Waals surface area contributed by atoms with Crippen LogP contribution in [0.4, 0.5) is 5.82 Å². The zero-order valence-electron chi connectivity index (χ0n) is 12.2. The minimum atomic E-state index is -0.0619. The molecule has 1 aromatic heterocycles. The predicted octanol–water partition coefficient (Wildman–Crippen LogP) is 4.00. The van der Waals surface area contributed by atoms with Crippen LogP contribution < -0.4 is 4.90 Å². The molecule has 2 heterocycles. The number of rotatable bonds is 2. The Hall–Kier alpha value is -1.49. The number of halogens is 3. The third-order valence-electron chi connectivity index (χ3n) is 3.70. The van der Waals surface area contributed by atoms with Crippen LogP contribution in [0.15, 0.2) is 36.4 Å². The summed E-state index contributed by atoms with van der Waals surface area (Å²) in [7, 11) is 0.